The number of carbonyl (C=O) groups excluding carboxylic acids is 1. The fourth-order valence-corrected chi connectivity index (χ4v) is 6.65. The number of nitrogens with zero attached hydrogens (tertiary/aromatic N) is 1. The van der Waals surface area contributed by atoms with Gasteiger partial charge in [-0.05, 0) is 72.6 Å². The predicted molar refractivity (Wildman–Crippen MR) is 156 cm³/mol. The van der Waals surface area contributed by atoms with Gasteiger partial charge in [0.1, 0.15) is 5.75 Å². The summed E-state index contributed by atoms with van der Waals surface area (Å²) in [6.45, 7) is 3.84. The summed E-state index contributed by atoms with van der Waals surface area (Å²) in [5.41, 5.74) is 1.23. The molecule has 2 heterocycles. The van der Waals surface area contributed by atoms with Crippen LogP contribution in [0.1, 0.15) is 34.8 Å². The Morgan fingerprint density at radius 2 is 2.00 bits per heavy atom. The van der Waals surface area contributed by atoms with Crippen molar-refractivity contribution in [1.29, 1.82) is 0 Å². The molecule has 0 spiro atoms. The highest BCUT2D eigenvalue weighted by Gasteiger charge is 2.30. The van der Waals surface area contributed by atoms with E-state index in [-0.39, 0.29) is 34.9 Å². The molecule has 0 bridgehead atoms. The molecule has 1 fully saturated rings. The quantitative estimate of drug-likeness (QED) is 0.370. The second-order valence-corrected chi connectivity index (χ2v) is 13.2. The van der Waals surface area contributed by atoms with Crippen LogP contribution in [0.2, 0.25) is 0 Å². The van der Waals surface area contributed by atoms with E-state index in [1.54, 1.807) is 12.1 Å². The smallest absolute Gasteiger partial charge is 0.393 e. The molecule has 0 saturated carbocycles. The molecule has 1 aliphatic heterocycles. The third-order valence-electron chi connectivity index (χ3n) is 7.01. The predicted octanol–water partition coefficient (Wildman–Crippen LogP) is 4.95. The molecule has 1 aromatic heterocycles. The zero-order valence-electron chi connectivity index (χ0n) is 23.2. The Balaban J connectivity index is 1.63. The first-order chi connectivity index (χ1) is 19.2. The van der Waals surface area contributed by atoms with E-state index in [0.29, 0.717) is 32.6 Å². The molecule has 41 heavy (non-hydrogen) atoms. The lowest BCUT2D eigenvalue weighted by atomic mass is 9.93. The van der Waals surface area contributed by atoms with Crippen LogP contribution in [0.4, 0.5) is 18.9 Å². The van der Waals surface area contributed by atoms with Gasteiger partial charge in [0.15, 0.2) is 9.84 Å². The number of thiophene rings is 1. The van der Waals surface area contributed by atoms with E-state index in [0.717, 1.165) is 37.1 Å². The molecular weight excluding hydrogens is 575 g/mol. The third kappa shape index (κ3) is 7.72. The number of carbonyl (C=O) groups is 1. The number of benzene rings is 2. The summed E-state index contributed by atoms with van der Waals surface area (Å²) in [5.74, 6) is 6.19. The topological polar surface area (TPSA) is 87.7 Å². The summed E-state index contributed by atoms with van der Waals surface area (Å²) in [6.07, 6.45) is -3.61. The van der Waals surface area contributed by atoms with Gasteiger partial charge in [0.05, 0.1) is 36.2 Å². The molecule has 2 unspecified atom stereocenters. The molecule has 1 aliphatic rings. The molecule has 3 aromatic rings. The first kappa shape index (κ1) is 30.7. The molecule has 7 nitrogen and oxygen atoms in total. The number of anilines is 1. The first-order valence-corrected chi connectivity index (χ1v) is 15.7. The highest BCUT2D eigenvalue weighted by atomic mass is 32.2. The number of fused-ring (bicyclic) bond motifs is 1. The van der Waals surface area contributed by atoms with Gasteiger partial charge in [0.25, 0.3) is 5.91 Å². The standard InChI is InChI=1S/C29H32F3N3O4S2/c1-18-16-35(2)11-9-24(18)34-28(36)23-13-19(12-22-20(15-29(30,31)32)17-40-27(22)23)6-5-10-33-25-14-21(41(4,37)38)7-8-26(25)39-3/h7-8,12-14,17-18,24,33H,9-11,15-16H2,1-4H3,(H,34,36). The van der Waals surface area contributed by atoms with Crippen molar-refractivity contribution in [2.24, 2.45) is 5.92 Å². The number of methoxy groups -OCH3 is 1. The summed E-state index contributed by atoms with van der Waals surface area (Å²) in [6, 6.07) is 7.58. The Labute approximate surface area is 242 Å². The second kappa shape index (κ2) is 12.3. The normalized spacial score (nSPS) is 18.0. The van der Waals surface area contributed by atoms with E-state index in [1.165, 1.54) is 30.7 Å². The number of hydrogen-bond acceptors (Lipinski definition) is 7. The number of amides is 1. The molecule has 0 aliphatic carbocycles. The van der Waals surface area contributed by atoms with Crippen molar-refractivity contribution in [2.75, 3.05) is 45.4 Å². The molecule has 2 N–H and O–H groups in total. The van der Waals surface area contributed by atoms with Crippen LogP contribution in [0.25, 0.3) is 10.1 Å². The Bertz CT molecular complexity index is 1610. The Morgan fingerprint density at radius 1 is 1.24 bits per heavy atom. The number of ether oxygens (including phenoxy) is 1. The largest absolute Gasteiger partial charge is 0.495 e. The van der Waals surface area contributed by atoms with E-state index >= 15 is 0 Å². The van der Waals surface area contributed by atoms with Crippen LogP contribution in [0.5, 0.6) is 5.75 Å². The van der Waals surface area contributed by atoms with Crippen LogP contribution in [0.15, 0.2) is 40.6 Å². The van der Waals surface area contributed by atoms with Crippen molar-refractivity contribution >= 4 is 42.9 Å². The molecule has 220 valence electrons. The van der Waals surface area contributed by atoms with E-state index in [4.69, 9.17) is 4.74 Å². The molecule has 2 atom stereocenters. The number of nitrogens with one attached hydrogen (secondary N) is 2. The second-order valence-electron chi connectivity index (χ2n) is 10.4. The molecular formula is C29H32F3N3O4S2. The van der Waals surface area contributed by atoms with Crippen molar-refractivity contribution in [3.8, 4) is 17.6 Å². The van der Waals surface area contributed by atoms with Crippen LogP contribution in [-0.4, -0.2) is 71.5 Å². The van der Waals surface area contributed by atoms with Crippen LogP contribution in [0.3, 0.4) is 0 Å². The summed E-state index contributed by atoms with van der Waals surface area (Å²) < 4.78 is 69.6. The van der Waals surface area contributed by atoms with Gasteiger partial charge >= 0.3 is 6.18 Å². The minimum atomic E-state index is -4.40. The average Bonchev–Trinajstić information content (AvgIpc) is 3.28. The zero-order chi connectivity index (χ0) is 29.9. The van der Waals surface area contributed by atoms with Gasteiger partial charge < -0.3 is 20.3 Å². The number of alkyl halides is 3. The Morgan fingerprint density at radius 3 is 2.66 bits per heavy atom. The van der Waals surface area contributed by atoms with E-state index < -0.39 is 22.4 Å². The Kier molecular flexibility index (Phi) is 9.21. The summed E-state index contributed by atoms with van der Waals surface area (Å²) >= 11 is 1.12. The van der Waals surface area contributed by atoms with Gasteiger partial charge in [-0.2, -0.15) is 13.2 Å². The number of likely N-dealkylation sites (tertiary alicyclic amines) is 1. The lowest BCUT2D eigenvalue weighted by Crippen LogP contribution is -2.48. The molecule has 2 aromatic carbocycles. The first-order valence-electron chi connectivity index (χ1n) is 13.0. The lowest BCUT2D eigenvalue weighted by molar-refractivity contribution is -0.126. The van der Waals surface area contributed by atoms with Gasteiger partial charge in [0.2, 0.25) is 0 Å². The molecule has 0 radical (unpaired) electrons. The third-order valence-corrected chi connectivity index (χ3v) is 9.20. The minimum absolute atomic E-state index is 0.0417. The summed E-state index contributed by atoms with van der Waals surface area (Å²) in [7, 11) is 0.0500. The van der Waals surface area contributed by atoms with Crippen LogP contribution >= 0.6 is 11.3 Å². The van der Waals surface area contributed by atoms with Crippen molar-refractivity contribution in [2.45, 2.75) is 36.9 Å². The summed E-state index contributed by atoms with van der Waals surface area (Å²) in [5, 5.41) is 7.93. The monoisotopic (exact) mass is 607 g/mol. The van der Waals surface area contributed by atoms with Crippen molar-refractivity contribution in [3.05, 3.63) is 52.4 Å². The number of hydrogen-bond donors (Lipinski definition) is 2. The van der Waals surface area contributed by atoms with Gasteiger partial charge in [-0.25, -0.2) is 8.42 Å². The maximum Gasteiger partial charge on any atom is 0.393 e. The SMILES string of the molecule is COc1ccc(S(C)(=O)=O)cc1NCC#Cc1cc(C(=O)NC2CCN(C)CC2C)c2scc(CC(F)(F)F)c2c1. The fraction of sp³-hybridized carbons (Fsp3) is 0.414. The molecule has 1 amide bonds. The van der Waals surface area contributed by atoms with E-state index in [9.17, 15) is 26.4 Å². The fourth-order valence-electron chi connectivity index (χ4n) is 4.94. The van der Waals surface area contributed by atoms with Crippen molar-refractivity contribution < 1.29 is 31.1 Å². The average molecular weight is 608 g/mol. The van der Waals surface area contributed by atoms with Gasteiger partial charge in [-0.3, -0.25) is 4.79 Å². The van der Waals surface area contributed by atoms with Crippen LogP contribution < -0.4 is 15.4 Å². The lowest BCUT2D eigenvalue weighted by Gasteiger charge is -2.35. The molecule has 1 saturated heterocycles. The zero-order valence-corrected chi connectivity index (χ0v) is 24.8. The number of piperidine rings is 1. The van der Waals surface area contributed by atoms with Gasteiger partial charge in [-0.1, -0.05) is 18.8 Å². The maximum atomic E-state index is 13.4. The summed E-state index contributed by atoms with van der Waals surface area (Å²) in [4.78, 5) is 15.7. The number of sulfone groups is 1. The van der Waals surface area contributed by atoms with E-state index in [1.807, 2.05) is 7.05 Å². The van der Waals surface area contributed by atoms with Gasteiger partial charge in [0, 0.05) is 29.1 Å². The Hall–Kier alpha value is -3.27. The number of halogens is 3. The molecule has 12 heteroatoms. The van der Waals surface area contributed by atoms with Crippen molar-refractivity contribution in [3.63, 3.8) is 0 Å². The number of rotatable bonds is 7. The minimum Gasteiger partial charge on any atom is -0.495 e. The molecule has 4 rings (SSSR count). The highest BCUT2D eigenvalue weighted by molar-refractivity contribution is 7.90. The van der Waals surface area contributed by atoms with Crippen LogP contribution in [-0.2, 0) is 16.3 Å². The highest BCUT2D eigenvalue weighted by Crippen LogP contribution is 2.35. The van der Waals surface area contributed by atoms with Gasteiger partial charge in [-0.15, -0.1) is 11.3 Å². The maximum absolute atomic E-state index is 13.4. The van der Waals surface area contributed by atoms with E-state index in [2.05, 4.69) is 34.3 Å². The van der Waals surface area contributed by atoms with Crippen molar-refractivity contribution in [1.82, 2.24) is 10.2 Å². The van der Waals surface area contributed by atoms with Crippen LogP contribution in [0, 0.1) is 17.8 Å².